The van der Waals surface area contributed by atoms with Crippen LogP contribution in [0.25, 0.3) is 10.6 Å². The Labute approximate surface area is 219 Å². The van der Waals surface area contributed by atoms with Gasteiger partial charge in [0.2, 0.25) is 0 Å². The molecule has 160 valence electrons. The molecule has 0 aromatic heterocycles. The summed E-state index contributed by atoms with van der Waals surface area (Å²) >= 11 is 0. The van der Waals surface area contributed by atoms with Crippen molar-refractivity contribution in [3.05, 3.63) is 69.3 Å². The van der Waals surface area contributed by atoms with Gasteiger partial charge < -0.3 is 44.6 Å². The van der Waals surface area contributed by atoms with Gasteiger partial charge in [-0.3, -0.25) is 0 Å². The summed E-state index contributed by atoms with van der Waals surface area (Å²) in [5.41, 5.74) is 7.62. The number of rotatable bonds is 8. The number of hydrogen-bond donors (Lipinski definition) is 0. The molecular weight excluding hydrogens is 567 g/mol. The Morgan fingerprint density at radius 3 is 1.28 bits per heavy atom. The van der Waals surface area contributed by atoms with E-state index in [0.29, 0.717) is 0 Å². The fraction of sp³-hybridized carbons (Fsp3) is 0.500. The molecule has 0 heterocycles. The van der Waals surface area contributed by atoms with E-state index in [1.807, 2.05) is 0 Å². The predicted octanol–water partition coefficient (Wildman–Crippen LogP) is 2.22. The van der Waals surface area contributed by atoms with Crippen molar-refractivity contribution in [2.24, 2.45) is 0 Å². The number of aryl methyl sites for hydroxylation is 2. The quantitative estimate of drug-likeness (QED) is 0.415. The standard InChI is InChI=1S/2C12H18N.2BrH.Zr/c2*1-4-5-9-13-12-8-6-7-10(2)11(12)3;;;/h2*6-8H,4-5,9H2,1-3H3;2*1H;/q2*-1;;;+4/p-2. The van der Waals surface area contributed by atoms with E-state index in [9.17, 15) is 0 Å². The molecular formula is C24H36Br2N2Zr. The van der Waals surface area contributed by atoms with E-state index < -0.39 is 0 Å². The largest absolute Gasteiger partial charge is 4.00 e. The maximum atomic E-state index is 4.56. The first-order valence-corrected chi connectivity index (χ1v) is 9.98. The Morgan fingerprint density at radius 2 is 0.966 bits per heavy atom. The summed E-state index contributed by atoms with van der Waals surface area (Å²) in [6.07, 6.45) is 4.81. The Kier molecular flexibility index (Phi) is 22.9. The smallest absolute Gasteiger partial charge is 1.00 e. The number of unbranched alkanes of at least 4 members (excludes halogenated alkanes) is 2. The number of benzene rings is 2. The van der Waals surface area contributed by atoms with E-state index in [2.05, 4.69) is 88.6 Å². The van der Waals surface area contributed by atoms with Crippen LogP contribution in [0.4, 0.5) is 11.4 Å². The number of hydrogen-bond acceptors (Lipinski definition) is 0. The predicted molar refractivity (Wildman–Crippen MR) is 117 cm³/mol. The zero-order chi connectivity index (χ0) is 19.4. The molecule has 0 unspecified atom stereocenters. The summed E-state index contributed by atoms with van der Waals surface area (Å²) in [5, 5.41) is 9.11. The molecule has 0 N–H and O–H groups in total. The van der Waals surface area contributed by atoms with Gasteiger partial charge in [0.05, 0.1) is 0 Å². The van der Waals surface area contributed by atoms with E-state index in [-0.39, 0.29) is 60.2 Å². The molecule has 0 aliphatic heterocycles. The van der Waals surface area contributed by atoms with Crippen LogP contribution < -0.4 is 34.0 Å². The zero-order valence-corrected chi connectivity index (χ0v) is 24.5. The van der Waals surface area contributed by atoms with E-state index in [0.717, 1.165) is 24.5 Å². The van der Waals surface area contributed by atoms with Crippen LogP contribution in [0.1, 0.15) is 61.8 Å². The third-order valence-corrected chi connectivity index (χ3v) is 4.74. The monoisotopic (exact) mass is 600 g/mol. The molecule has 0 saturated heterocycles. The number of halogens is 2. The zero-order valence-electron chi connectivity index (χ0n) is 18.9. The van der Waals surface area contributed by atoms with Crippen molar-refractivity contribution in [2.75, 3.05) is 13.1 Å². The molecule has 0 aliphatic rings. The van der Waals surface area contributed by atoms with Gasteiger partial charge in [0.25, 0.3) is 0 Å². The SMILES string of the molecule is CCCC[N-]c1cccc(C)c1C.CCCC[N-]c1cccc(C)c1C.[Br-].[Br-].[Zr+4]. The first-order valence-electron chi connectivity index (χ1n) is 9.98. The Balaban J connectivity index is -0.000000422. The first kappa shape index (κ1) is 33.5. The van der Waals surface area contributed by atoms with Crippen molar-refractivity contribution in [1.82, 2.24) is 0 Å². The summed E-state index contributed by atoms with van der Waals surface area (Å²) in [4.78, 5) is 0. The molecule has 0 amide bonds. The van der Waals surface area contributed by atoms with Crippen LogP contribution in [0.15, 0.2) is 36.4 Å². The maximum absolute atomic E-state index is 4.56. The summed E-state index contributed by atoms with van der Waals surface area (Å²) in [7, 11) is 0. The van der Waals surface area contributed by atoms with Crippen LogP contribution in [0.2, 0.25) is 0 Å². The molecule has 2 aromatic carbocycles. The van der Waals surface area contributed by atoms with Gasteiger partial charge in [-0.2, -0.15) is 0 Å². The topological polar surface area (TPSA) is 28.2 Å². The third-order valence-electron chi connectivity index (χ3n) is 4.74. The van der Waals surface area contributed by atoms with Gasteiger partial charge in [-0.05, 0) is 38.8 Å². The van der Waals surface area contributed by atoms with E-state index in [1.54, 1.807) is 0 Å². The van der Waals surface area contributed by atoms with Crippen LogP contribution in [-0.4, -0.2) is 13.1 Å². The minimum atomic E-state index is 0. The molecule has 0 atom stereocenters. The third kappa shape index (κ3) is 13.0. The summed E-state index contributed by atoms with van der Waals surface area (Å²) in [6, 6.07) is 12.6. The van der Waals surface area contributed by atoms with Crippen molar-refractivity contribution < 1.29 is 60.2 Å². The van der Waals surface area contributed by atoms with Gasteiger partial charge in [-0.1, -0.05) is 87.1 Å². The van der Waals surface area contributed by atoms with Crippen molar-refractivity contribution in [2.45, 2.75) is 67.2 Å². The molecule has 2 rings (SSSR count). The molecule has 29 heavy (non-hydrogen) atoms. The molecule has 0 spiro atoms. The van der Waals surface area contributed by atoms with Crippen LogP contribution >= 0.6 is 0 Å². The van der Waals surface area contributed by atoms with Crippen LogP contribution in [0, 0.1) is 27.7 Å². The first-order chi connectivity index (χ1) is 12.5. The van der Waals surface area contributed by atoms with Gasteiger partial charge in [-0.15, -0.1) is 24.5 Å². The molecule has 2 aromatic rings. The van der Waals surface area contributed by atoms with Crippen LogP contribution in [0.5, 0.6) is 0 Å². The maximum Gasteiger partial charge on any atom is 4.00 e. The van der Waals surface area contributed by atoms with Crippen molar-refractivity contribution in [3.8, 4) is 0 Å². The van der Waals surface area contributed by atoms with Gasteiger partial charge in [0.15, 0.2) is 0 Å². The van der Waals surface area contributed by atoms with Gasteiger partial charge in [-0.25, -0.2) is 0 Å². The molecule has 0 aliphatic carbocycles. The Bertz CT molecular complexity index is 606. The van der Waals surface area contributed by atoms with Crippen LogP contribution in [0.3, 0.4) is 0 Å². The van der Waals surface area contributed by atoms with Gasteiger partial charge in [0.1, 0.15) is 0 Å². The summed E-state index contributed by atoms with van der Waals surface area (Å²) in [6.45, 7) is 14.8. The summed E-state index contributed by atoms with van der Waals surface area (Å²) in [5.74, 6) is 0. The van der Waals surface area contributed by atoms with Gasteiger partial charge in [0, 0.05) is 0 Å². The molecule has 0 radical (unpaired) electrons. The second kappa shape index (κ2) is 19.8. The second-order valence-electron chi connectivity index (χ2n) is 6.91. The molecule has 2 nitrogen and oxygen atoms in total. The van der Waals surface area contributed by atoms with Crippen molar-refractivity contribution in [1.29, 1.82) is 0 Å². The molecule has 5 heteroatoms. The van der Waals surface area contributed by atoms with Crippen molar-refractivity contribution >= 4 is 11.4 Å². The average molecular weight is 604 g/mol. The fourth-order valence-electron chi connectivity index (χ4n) is 2.53. The van der Waals surface area contributed by atoms with E-state index in [4.69, 9.17) is 0 Å². The van der Waals surface area contributed by atoms with Crippen molar-refractivity contribution in [3.63, 3.8) is 0 Å². The van der Waals surface area contributed by atoms with E-state index in [1.165, 1.54) is 47.9 Å². The molecule has 0 bridgehead atoms. The van der Waals surface area contributed by atoms with Crippen LogP contribution in [-0.2, 0) is 26.2 Å². The summed E-state index contributed by atoms with van der Waals surface area (Å²) < 4.78 is 0. The normalized spacial score (nSPS) is 9.03. The Hall–Kier alpha value is -0.117. The second-order valence-corrected chi connectivity index (χ2v) is 6.91. The minimum absolute atomic E-state index is 0. The average Bonchev–Trinajstić information content (AvgIpc) is 2.63. The Morgan fingerprint density at radius 1 is 0.621 bits per heavy atom. The fourth-order valence-corrected chi connectivity index (χ4v) is 2.53. The van der Waals surface area contributed by atoms with E-state index >= 15 is 0 Å². The van der Waals surface area contributed by atoms with Gasteiger partial charge >= 0.3 is 26.2 Å². The number of nitrogens with zero attached hydrogens (tertiary/aromatic N) is 2. The molecule has 0 fully saturated rings. The molecule has 0 saturated carbocycles. The minimum Gasteiger partial charge on any atom is -1.00 e.